The van der Waals surface area contributed by atoms with Crippen molar-refractivity contribution >= 4 is 43.2 Å². The number of benzene rings is 2. The molecule has 2 aromatic rings. The van der Waals surface area contributed by atoms with Gasteiger partial charge in [0, 0.05) is 27.6 Å². The molecule has 2 aromatic carbocycles. The first kappa shape index (κ1) is 16.0. The van der Waals surface area contributed by atoms with Crippen LogP contribution >= 0.6 is 31.9 Å². The Bertz CT molecular complexity index is 679. The number of halogens is 2. The van der Waals surface area contributed by atoms with Crippen molar-refractivity contribution in [1.29, 1.82) is 0 Å². The number of hydrogen-bond donors (Lipinski definition) is 1. The lowest BCUT2D eigenvalue weighted by molar-refractivity contribution is -0.384. The highest BCUT2D eigenvalue weighted by Crippen LogP contribution is 2.29. The second-order valence-corrected chi connectivity index (χ2v) is 6.53. The summed E-state index contributed by atoms with van der Waals surface area (Å²) in [7, 11) is 0. The quantitative estimate of drug-likeness (QED) is 0.542. The zero-order valence-corrected chi connectivity index (χ0v) is 14.8. The van der Waals surface area contributed by atoms with E-state index in [-0.39, 0.29) is 5.69 Å². The van der Waals surface area contributed by atoms with Crippen LogP contribution in [0.4, 0.5) is 11.4 Å². The van der Waals surface area contributed by atoms with Crippen molar-refractivity contribution in [3.05, 3.63) is 66.1 Å². The summed E-state index contributed by atoms with van der Waals surface area (Å²) < 4.78 is 1.74. The Morgan fingerprint density at radius 2 is 1.86 bits per heavy atom. The van der Waals surface area contributed by atoms with Crippen LogP contribution in [0.5, 0.6) is 0 Å². The van der Waals surface area contributed by atoms with E-state index >= 15 is 0 Å². The van der Waals surface area contributed by atoms with Gasteiger partial charge in [-0.15, -0.1) is 0 Å². The van der Waals surface area contributed by atoms with Crippen LogP contribution in [-0.2, 0) is 6.54 Å². The first-order valence-electron chi connectivity index (χ1n) is 6.32. The highest BCUT2D eigenvalue weighted by molar-refractivity contribution is 9.11. The predicted octanol–water partition coefficient (Wildman–Crippen LogP) is 5.35. The summed E-state index contributed by atoms with van der Waals surface area (Å²) in [6.45, 7) is 4.68. The van der Waals surface area contributed by atoms with Crippen LogP contribution in [-0.4, -0.2) is 4.92 Å². The van der Waals surface area contributed by atoms with Gasteiger partial charge in [0.1, 0.15) is 0 Å². The third-order valence-electron chi connectivity index (χ3n) is 3.13. The van der Waals surface area contributed by atoms with Gasteiger partial charge in [0.2, 0.25) is 0 Å². The molecule has 0 amide bonds. The molecular formula is C15H14Br2N2O2. The average Bonchev–Trinajstić information content (AvgIpc) is 2.38. The number of non-ortho nitro benzene ring substituents is 1. The topological polar surface area (TPSA) is 55.2 Å². The second kappa shape index (κ2) is 6.58. The molecule has 0 aliphatic carbocycles. The smallest absolute Gasteiger partial charge is 0.270 e. The van der Waals surface area contributed by atoms with Crippen molar-refractivity contribution in [2.75, 3.05) is 5.32 Å². The first-order chi connectivity index (χ1) is 9.88. The van der Waals surface area contributed by atoms with Gasteiger partial charge in [0.15, 0.2) is 0 Å². The Morgan fingerprint density at radius 3 is 2.43 bits per heavy atom. The molecule has 1 N–H and O–H groups in total. The molecule has 21 heavy (non-hydrogen) atoms. The summed E-state index contributed by atoms with van der Waals surface area (Å²) in [5.74, 6) is 0. The molecule has 0 atom stereocenters. The SMILES string of the molecule is Cc1cc(C)c(NCc2ccc([N+](=O)[O-])cc2Br)c(Br)c1. The second-order valence-electron chi connectivity index (χ2n) is 4.83. The highest BCUT2D eigenvalue weighted by Gasteiger charge is 2.10. The lowest BCUT2D eigenvalue weighted by Gasteiger charge is -2.13. The molecule has 0 aromatic heterocycles. The van der Waals surface area contributed by atoms with Crippen LogP contribution in [0.3, 0.4) is 0 Å². The highest BCUT2D eigenvalue weighted by atomic mass is 79.9. The zero-order valence-electron chi connectivity index (χ0n) is 11.6. The predicted molar refractivity (Wildman–Crippen MR) is 91.7 cm³/mol. The standard InChI is InChI=1S/C15H14Br2N2O2/c1-9-5-10(2)15(14(17)6-9)18-8-11-3-4-12(19(20)21)7-13(11)16/h3-7,18H,8H2,1-2H3. The molecule has 0 bridgehead atoms. The van der Waals surface area contributed by atoms with Crippen LogP contribution in [0.1, 0.15) is 16.7 Å². The Morgan fingerprint density at radius 1 is 1.14 bits per heavy atom. The first-order valence-corrected chi connectivity index (χ1v) is 7.90. The van der Waals surface area contributed by atoms with Crippen LogP contribution in [0.2, 0.25) is 0 Å². The number of nitro benzene ring substituents is 1. The van der Waals surface area contributed by atoms with Gasteiger partial charge in [0.05, 0.1) is 10.6 Å². The molecule has 0 heterocycles. The van der Waals surface area contributed by atoms with Gasteiger partial charge in [-0.25, -0.2) is 0 Å². The van der Waals surface area contributed by atoms with E-state index in [0.29, 0.717) is 6.54 Å². The van der Waals surface area contributed by atoms with Crippen molar-refractivity contribution in [1.82, 2.24) is 0 Å². The van der Waals surface area contributed by atoms with Gasteiger partial charge in [-0.2, -0.15) is 0 Å². The Labute approximate surface area is 140 Å². The van der Waals surface area contributed by atoms with E-state index in [1.807, 2.05) is 6.92 Å². The van der Waals surface area contributed by atoms with Gasteiger partial charge in [-0.05, 0) is 58.6 Å². The molecule has 0 saturated carbocycles. The number of nitrogens with one attached hydrogen (secondary N) is 1. The maximum Gasteiger partial charge on any atom is 0.270 e. The minimum absolute atomic E-state index is 0.0818. The van der Waals surface area contributed by atoms with Crippen LogP contribution < -0.4 is 5.32 Å². The molecule has 0 fully saturated rings. The molecular weight excluding hydrogens is 400 g/mol. The number of nitrogens with zero attached hydrogens (tertiary/aromatic N) is 1. The fraction of sp³-hybridized carbons (Fsp3) is 0.200. The molecule has 0 saturated heterocycles. The van der Waals surface area contributed by atoms with E-state index in [9.17, 15) is 10.1 Å². The molecule has 0 spiro atoms. The van der Waals surface area contributed by atoms with Crippen LogP contribution in [0, 0.1) is 24.0 Å². The molecule has 110 valence electrons. The van der Waals surface area contributed by atoms with Gasteiger partial charge < -0.3 is 5.32 Å². The van der Waals surface area contributed by atoms with Crippen molar-refractivity contribution in [2.24, 2.45) is 0 Å². The molecule has 6 heteroatoms. The largest absolute Gasteiger partial charge is 0.380 e. The van der Waals surface area contributed by atoms with Crippen molar-refractivity contribution < 1.29 is 4.92 Å². The number of aryl methyl sites for hydroxylation is 2. The molecule has 0 unspecified atom stereocenters. The Kier molecular flexibility index (Phi) is 5.00. The molecule has 0 aliphatic heterocycles. The van der Waals surface area contributed by atoms with Gasteiger partial charge in [-0.3, -0.25) is 10.1 Å². The third kappa shape index (κ3) is 3.83. The van der Waals surface area contributed by atoms with Crippen molar-refractivity contribution in [3.8, 4) is 0 Å². The fourth-order valence-corrected chi connectivity index (χ4v) is 3.44. The minimum atomic E-state index is -0.400. The lowest BCUT2D eigenvalue weighted by Crippen LogP contribution is -2.03. The van der Waals surface area contributed by atoms with Gasteiger partial charge >= 0.3 is 0 Å². The zero-order chi connectivity index (χ0) is 15.6. The summed E-state index contributed by atoms with van der Waals surface area (Å²) in [4.78, 5) is 10.3. The summed E-state index contributed by atoms with van der Waals surface area (Å²) in [6, 6.07) is 8.96. The van der Waals surface area contributed by atoms with E-state index in [0.717, 1.165) is 25.8 Å². The van der Waals surface area contributed by atoms with E-state index in [1.165, 1.54) is 17.7 Å². The third-order valence-corrected chi connectivity index (χ3v) is 4.50. The van der Waals surface area contributed by atoms with Crippen LogP contribution in [0.25, 0.3) is 0 Å². The van der Waals surface area contributed by atoms with Gasteiger partial charge in [-0.1, -0.05) is 22.0 Å². The lowest BCUT2D eigenvalue weighted by atomic mass is 10.1. The monoisotopic (exact) mass is 412 g/mol. The summed E-state index contributed by atoms with van der Waals surface area (Å²) in [5.41, 5.74) is 4.43. The van der Waals surface area contributed by atoms with Crippen molar-refractivity contribution in [2.45, 2.75) is 20.4 Å². The number of hydrogen-bond acceptors (Lipinski definition) is 3. The number of nitro groups is 1. The Hall–Kier alpha value is -1.40. The fourth-order valence-electron chi connectivity index (χ4n) is 2.12. The molecule has 2 rings (SSSR count). The molecule has 0 aliphatic rings. The Balaban J connectivity index is 2.19. The van der Waals surface area contributed by atoms with E-state index in [2.05, 4.69) is 56.2 Å². The normalized spacial score (nSPS) is 10.5. The maximum absolute atomic E-state index is 10.7. The van der Waals surface area contributed by atoms with Crippen molar-refractivity contribution in [3.63, 3.8) is 0 Å². The number of rotatable bonds is 4. The van der Waals surface area contributed by atoms with Crippen LogP contribution in [0.15, 0.2) is 39.3 Å². The van der Waals surface area contributed by atoms with Gasteiger partial charge in [0.25, 0.3) is 5.69 Å². The summed E-state index contributed by atoms with van der Waals surface area (Å²) in [6.07, 6.45) is 0. The van der Waals surface area contributed by atoms with E-state index in [4.69, 9.17) is 0 Å². The maximum atomic E-state index is 10.7. The summed E-state index contributed by atoms with van der Waals surface area (Å²) >= 11 is 6.94. The summed E-state index contributed by atoms with van der Waals surface area (Å²) in [5, 5.41) is 14.1. The average molecular weight is 414 g/mol. The molecule has 4 nitrogen and oxygen atoms in total. The number of anilines is 1. The molecule has 0 radical (unpaired) electrons. The minimum Gasteiger partial charge on any atom is -0.380 e. The van der Waals surface area contributed by atoms with E-state index < -0.39 is 4.92 Å². The van der Waals surface area contributed by atoms with E-state index in [1.54, 1.807) is 6.07 Å².